The monoisotopic (exact) mass is 294 g/mol. The predicted octanol–water partition coefficient (Wildman–Crippen LogP) is 1.74. The molecule has 1 rings (SSSR count). The molecule has 0 radical (unpaired) electrons. The third-order valence-electron chi connectivity index (χ3n) is 2.85. The lowest BCUT2D eigenvalue weighted by molar-refractivity contribution is -0.126. The fraction of sp³-hybridized carbons (Fsp3) is 0.733. The van der Waals surface area contributed by atoms with E-state index in [-0.39, 0.29) is 29.2 Å². The Morgan fingerprint density at radius 2 is 1.81 bits per heavy atom. The highest BCUT2D eigenvalue weighted by atomic mass is 16.2. The number of Topliss-reactive ketones (excluding diaryl/α,β-unsaturated/α-hetero) is 1. The van der Waals surface area contributed by atoms with E-state index < -0.39 is 0 Å². The molecule has 0 atom stereocenters. The van der Waals surface area contributed by atoms with Gasteiger partial charge in [-0.25, -0.2) is 4.68 Å². The second kappa shape index (κ2) is 6.37. The first kappa shape index (κ1) is 17.3. The van der Waals surface area contributed by atoms with Gasteiger partial charge in [0.25, 0.3) is 0 Å². The molecule has 1 amide bonds. The van der Waals surface area contributed by atoms with E-state index >= 15 is 0 Å². The first-order chi connectivity index (χ1) is 9.47. The maximum Gasteiger partial charge on any atom is 0.242 e. The highest BCUT2D eigenvalue weighted by molar-refractivity contribution is 5.83. The van der Waals surface area contributed by atoms with Crippen LogP contribution in [0.1, 0.15) is 53.7 Å². The first-order valence-corrected chi connectivity index (χ1v) is 7.21. The maximum atomic E-state index is 11.9. The molecule has 1 aromatic rings. The number of aromatic nitrogens is 3. The summed E-state index contributed by atoms with van der Waals surface area (Å²) < 4.78 is 1.50. The van der Waals surface area contributed by atoms with Crippen molar-refractivity contribution in [2.75, 3.05) is 0 Å². The molecular formula is C15H26N4O2. The van der Waals surface area contributed by atoms with Gasteiger partial charge in [0, 0.05) is 30.0 Å². The third kappa shape index (κ3) is 6.51. The molecule has 6 nitrogen and oxygen atoms in total. The number of nitrogens with zero attached hydrogens (tertiary/aromatic N) is 3. The van der Waals surface area contributed by atoms with Gasteiger partial charge in [-0.05, 0) is 20.8 Å². The molecule has 1 N–H and O–H groups in total. The van der Waals surface area contributed by atoms with Gasteiger partial charge in [0.05, 0.1) is 5.69 Å². The normalized spacial score (nSPS) is 12.3. The van der Waals surface area contributed by atoms with E-state index in [1.165, 1.54) is 4.68 Å². The maximum absolute atomic E-state index is 11.9. The molecule has 0 aliphatic carbocycles. The predicted molar refractivity (Wildman–Crippen MR) is 80.7 cm³/mol. The second-order valence-corrected chi connectivity index (χ2v) is 7.38. The van der Waals surface area contributed by atoms with Crippen molar-refractivity contribution < 1.29 is 9.59 Å². The molecule has 0 saturated heterocycles. The van der Waals surface area contributed by atoms with E-state index in [2.05, 4.69) is 15.6 Å². The molecule has 0 aliphatic rings. The van der Waals surface area contributed by atoms with E-state index in [1.54, 1.807) is 6.20 Å². The van der Waals surface area contributed by atoms with Gasteiger partial charge in [-0.15, -0.1) is 5.10 Å². The molecule has 0 aliphatic heterocycles. The smallest absolute Gasteiger partial charge is 0.242 e. The van der Waals surface area contributed by atoms with Crippen LogP contribution in [0.3, 0.4) is 0 Å². The molecule has 0 fully saturated rings. The number of rotatable bonds is 5. The number of carbonyl (C=O) groups is 2. The van der Waals surface area contributed by atoms with Crippen molar-refractivity contribution in [3.63, 3.8) is 0 Å². The zero-order valence-electron chi connectivity index (χ0n) is 13.9. The van der Waals surface area contributed by atoms with Crippen LogP contribution in [0.15, 0.2) is 6.20 Å². The summed E-state index contributed by atoms with van der Waals surface area (Å²) in [7, 11) is 0. The van der Waals surface area contributed by atoms with Crippen LogP contribution in [-0.2, 0) is 22.6 Å². The van der Waals surface area contributed by atoms with Crippen LogP contribution in [0, 0.1) is 5.41 Å². The minimum Gasteiger partial charge on any atom is -0.350 e. The summed E-state index contributed by atoms with van der Waals surface area (Å²) in [5.74, 6) is 0.0900. The van der Waals surface area contributed by atoms with Crippen molar-refractivity contribution in [2.45, 2.75) is 66.5 Å². The van der Waals surface area contributed by atoms with Gasteiger partial charge in [0.15, 0.2) is 0 Å². The minimum absolute atomic E-state index is 0.107. The lowest BCUT2D eigenvalue weighted by Gasteiger charge is -2.20. The van der Waals surface area contributed by atoms with Crippen LogP contribution in [0.4, 0.5) is 0 Å². The molecule has 6 heteroatoms. The van der Waals surface area contributed by atoms with E-state index in [4.69, 9.17) is 0 Å². The van der Waals surface area contributed by atoms with E-state index in [0.717, 1.165) is 5.69 Å². The molecule has 0 unspecified atom stereocenters. The molecule has 1 aromatic heterocycles. The fourth-order valence-electron chi connectivity index (χ4n) is 1.75. The molecule has 0 bridgehead atoms. The summed E-state index contributed by atoms with van der Waals surface area (Å²) in [6.45, 7) is 11.6. The van der Waals surface area contributed by atoms with Gasteiger partial charge in [-0.1, -0.05) is 26.0 Å². The Hall–Kier alpha value is -1.72. The zero-order valence-corrected chi connectivity index (χ0v) is 13.9. The second-order valence-electron chi connectivity index (χ2n) is 7.38. The van der Waals surface area contributed by atoms with Crippen molar-refractivity contribution in [3.05, 3.63) is 11.9 Å². The highest BCUT2D eigenvalue weighted by Gasteiger charge is 2.21. The Kier molecular flexibility index (Phi) is 5.25. The number of hydrogen-bond acceptors (Lipinski definition) is 4. The van der Waals surface area contributed by atoms with Crippen LogP contribution in [0.2, 0.25) is 0 Å². The number of amides is 1. The number of nitrogens with one attached hydrogen (secondary N) is 1. The lowest BCUT2D eigenvalue weighted by atomic mass is 9.88. The number of carbonyl (C=O) groups excluding carboxylic acids is 2. The summed E-state index contributed by atoms with van der Waals surface area (Å²) in [4.78, 5) is 23.6. The van der Waals surface area contributed by atoms with E-state index in [1.807, 2.05) is 41.5 Å². The number of hydrogen-bond donors (Lipinski definition) is 1. The van der Waals surface area contributed by atoms with Gasteiger partial charge in [-0.2, -0.15) is 0 Å². The fourth-order valence-corrected chi connectivity index (χ4v) is 1.75. The lowest BCUT2D eigenvalue weighted by Crippen LogP contribution is -2.42. The Balaban J connectivity index is 2.51. The van der Waals surface area contributed by atoms with Gasteiger partial charge in [0.1, 0.15) is 12.3 Å². The Bertz CT molecular complexity index is 506. The Morgan fingerprint density at radius 1 is 1.19 bits per heavy atom. The van der Waals surface area contributed by atoms with Gasteiger partial charge < -0.3 is 5.32 Å². The van der Waals surface area contributed by atoms with Gasteiger partial charge in [0.2, 0.25) is 5.91 Å². The van der Waals surface area contributed by atoms with E-state index in [0.29, 0.717) is 12.8 Å². The van der Waals surface area contributed by atoms with Crippen molar-refractivity contribution in [1.29, 1.82) is 0 Å². The topological polar surface area (TPSA) is 76.9 Å². The molecule has 118 valence electrons. The summed E-state index contributed by atoms with van der Waals surface area (Å²) in [6, 6.07) is 0. The number of ketones is 1. The highest BCUT2D eigenvalue weighted by Crippen LogP contribution is 2.17. The Labute approximate surface area is 126 Å². The van der Waals surface area contributed by atoms with Crippen LogP contribution in [-0.4, -0.2) is 32.2 Å². The molecule has 0 saturated carbocycles. The molecule has 0 aromatic carbocycles. The standard InChI is InChI=1S/C15H26N4O2/c1-14(2,3)12(20)8-7-11-9-19(18-17-11)10-13(21)16-15(4,5)6/h9H,7-8,10H2,1-6H3,(H,16,21). The van der Waals surface area contributed by atoms with Crippen molar-refractivity contribution in [2.24, 2.45) is 5.41 Å². The van der Waals surface area contributed by atoms with E-state index in [9.17, 15) is 9.59 Å². The molecule has 1 heterocycles. The van der Waals surface area contributed by atoms with Crippen LogP contribution in [0.5, 0.6) is 0 Å². The van der Waals surface area contributed by atoms with Crippen molar-refractivity contribution in [3.8, 4) is 0 Å². The summed E-state index contributed by atoms with van der Waals surface area (Å²) in [5.41, 5.74) is 0.138. The molecule has 21 heavy (non-hydrogen) atoms. The molecule has 0 spiro atoms. The minimum atomic E-state index is -0.331. The quantitative estimate of drug-likeness (QED) is 0.897. The largest absolute Gasteiger partial charge is 0.350 e. The van der Waals surface area contributed by atoms with Crippen LogP contribution >= 0.6 is 0 Å². The van der Waals surface area contributed by atoms with Gasteiger partial charge in [-0.3, -0.25) is 9.59 Å². The summed E-state index contributed by atoms with van der Waals surface area (Å²) in [6.07, 6.45) is 2.71. The Morgan fingerprint density at radius 3 is 2.33 bits per heavy atom. The molecular weight excluding hydrogens is 268 g/mol. The summed E-state index contributed by atoms with van der Waals surface area (Å²) >= 11 is 0. The number of aryl methyl sites for hydroxylation is 1. The average molecular weight is 294 g/mol. The third-order valence-corrected chi connectivity index (χ3v) is 2.85. The zero-order chi connectivity index (χ0) is 16.3. The average Bonchev–Trinajstić information content (AvgIpc) is 2.69. The van der Waals surface area contributed by atoms with Crippen LogP contribution < -0.4 is 5.32 Å². The first-order valence-electron chi connectivity index (χ1n) is 7.21. The summed E-state index contributed by atoms with van der Waals surface area (Å²) in [5, 5.41) is 10.8. The SMILES string of the molecule is CC(C)(C)NC(=O)Cn1cc(CCC(=O)C(C)(C)C)nn1. The van der Waals surface area contributed by atoms with Crippen LogP contribution in [0.25, 0.3) is 0 Å². The van der Waals surface area contributed by atoms with Crippen molar-refractivity contribution in [1.82, 2.24) is 20.3 Å². The van der Waals surface area contributed by atoms with Gasteiger partial charge >= 0.3 is 0 Å². The van der Waals surface area contributed by atoms with Crippen molar-refractivity contribution >= 4 is 11.7 Å².